The van der Waals surface area contributed by atoms with Gasteiger partial charge in [-0.3, -0.25) is 14.2 Å². The zero-order valence-corrected chi connectivity index (χ0v) is 53.7. The quantitative estimate of drug-likeness (QED) is 0.0212. The van der Waals surface area contributed by atoms with Crippen molar-refractivity contribution >= 4 is 19.7 Å². The molecule has 0 spiro atoms. The number of rotatable bonds is 59. The first kappa shape index (κ1) is 76.9. The first-order chi connectivity index (χ1) is 38.9. The normalized spacial score (nSPS) is 14.2. The molecule has 3 atom stereocenters. The average molecular weight is 1140 g/mol. The van der Waals surface area contributed by atoms with E-state index in [9.17, 15) is 19.0 Å². The molecule has 0 aromatic heterocycles. The van der Waals surface area contributed by atoms with E-state index in [0.29, 0.717) is 17.4 Å². The number of nitrogens with zero attached hydrogens (tertiary/aromatic N) is 1. The molecule has 0 aliphatic carbocycles. The average Bonchev–Trinajstić information content (AvgIpc) is 3.42. The largest absolute Gasteiger partial charge is 0.756 e. The van der Waals surface area contributed by atoms with Crippen LogP contribution in [-0.2, 0) is 27.9 Å². The SMILES string of the molecule is CC/C=C\C/C=C\C/C=C\C/C=C\C/C=C\C/C=C\CCC(=O)NC(COP(=O)([O-])OCC[N+](C)(C)C)C(/C=C/CCCCCCCCCCCC)OC(=O)CCCCCCCCCCCCCCC/C=C/CCCCCCCC. The zero-order chi connectivity index (χ0) is 58.6. The summed E-state index contributed by atoms with van der Waals surface area (Å²) in [6, 6.07) is -0.934. The number of carbonyl (C=O) groups excluding carboxylic acids is 2. The fourth-order valence-corrected chi connectivity index (χ4v) is 9.91. The first-order valence-electron chi connectivity index (χ1n) is 33.0. The molecule has 462 valence electrons. The predicted molar refractivity (Wildman–Crippen MR) is 344 cm³/mol. The number of hydrogen-bond donors (Lipinski definition) is 1. The third-order valence-corrected chi connectivity index (χ3v) is 15.2. The van der Waals surface area contributed by atoms with E-state index in [1.165, 1.54) is 167 Å². The van der Waals surface area contributed by atoms with Gasteiger partial charge in [0.05, 0.1) is 33.8 Å². The van der Waals surface area contributed by atoms with Gasteiger partial charge in [-0.15, -0.1) is 0 Å². The summed E-state index contributed by atoms with van der Waals surface area (Å²) in [5.74, 6) is -0.637. The highest BCUT2D eigenvalue weighted by Crippen LogP contribution is 2.38. The molecule has 0 aromatic rings. The Kier molecular flexibility index (Phi) is 56.8. The van der Waals surface area contributed by atoms with Crippen molar-refractivity contribution in [3.63, 3.8) is 0 Å². The lowest BCUT2D eigenvalue weighted by atomic mass is 10.0. The maximum atomic E-state index is 13.5. The maximum Gasteiger partial charge on any atom is 0.306 e. The second-order valence-corrected chi connectivity index (χ2v) is 24.6. The highest BCUT2D eigenvalue weighted by molar-refractivity contribution is 7.45. The van der Waals surface area contributed by atoms with Gasteiger partial charge in [0.25, 0.3) is 7.82 Å². The zero-order valence-electron chi connectivity index (χ0n) is 52.8. The van der Waals surface area contributed by atoms with Crippen LogP contribution in [0.2, 0.25) is 0 Å². The molecule has 1 amide bonds. The van der Waals surface area contributed by atoms with E-state index in [2.05, 4.69) is 99.0 Å². The van der Waals surface area contributed by atoms with Crippen LogP contribution in [0.1, 0.15) is 284 Å². The number of phosphoric acid groups is 1. The Morgan fingerprint density at radius 3 is 1.23 bits per heavy atom. The second-order valence-electron chi connectivity index (χ2n) is 23.2. The van der Waals surface area contributed by atoms with E-state index in [1.54, 1.807) is 0 Å². The molecule has 0 bridgehead atoms. The van der Waals surface area contributed by atoms with E-state index in [4.69, 9.17) is 13.8 Å². The Morgan fingerprint density at radius 1 is 0.450 bits per heavy atom. The first-order valence-corrected chi connectivity index (χ1v) is 34.5. The van der Waals surface area contributed by atoms with Gasteiger partial charge < -0.3 is 28.5 Å². The fraction of sp³-hybridized carbons (Fsp3) is 0.743. The van der Waals surface area contributed by atoms with Crippen LogP contribution in [0.4, 0.5) is 0 Å². The van der Waals surface area contributed by atoms with Gasteiger partial charge in [-0.1, -0.05) is 272 Å². The number of esters is 1. The Labute approximate surface area is 494 Å². The molecule has 9 nitrogen and oxygen atoms in total. The lowest BCUT2D eigenvalue weighted by molar-refractivity contribution is -0.870. The van der Waals surface area contributed by atoms with E-state index in [-0.39, 0.29) is 31.3 Å². The van der Waals surface area contributed by atoms with Gasteiger partial charge in [-0.2, -0.15) is 0 Å². The minimum atomic E-state index is -4.73. The molecule has 0 aliphatic rings. The van der Waals surface area contributed by atoms with Crippen molar-refractivity contribution < 1.29 is 37.3 Å². The molecule has 0 aliphatic heterocycles. The Morgan fingerprint density at radius 2 is 0.812 bits per heavy atom. The summed E-state index contributed by atoms with van der Waals surface area (Å²) in [4.78, 5) is 40.0. The van der Waals surface area contributed by atoms with Gasteiger partial charge in [-0.25, -0.2) is 0 Å². The monoisotopic (exact) mass is 1140 g/mol. The third-order valence-electron chi connectivity index (χ3n) is 14.3. The van der Waals surface area contributed by atoms with Crippen LogP contribution in [0.25, 0.3) is 0 Å². The number of likely N-dealkylation sites (N-methyl/N-ethyl adjacent to an activating group) is 1. The van der Waals surface area contributed by atoms with Crippen LogP contribution in [0.3, 0.4) is 0 Å². The number of unbranched alkanes of at least 4 members (excludes halogenated alkanes) is 29. The van der Waals surface area contributed by atoms with Crippen LogP contribution in [0.15, 0.2) is 97.2 Å². The number of hydrogen-bond acceptors (Lipinski definition) is 7. The molecule has 80 heavy (non-hydrogen) atoms. The van der Waals surface area contributed by atoms with Crippen molar-refractivity contribution in [3.05, 3.63) is 97.2 Å². The summed E-state index contributed by atoms with van der Waals surface area (Å²) in [5.41, 5.74) is 0. The molecule has 0 saturated heterocycles. The Bertz CT molecular complexity index is 1690. The van der Waals surface area contributed by atoms with Crippen molar-refractivity contribution in [2.75, 3.05) is 40.9 Å². The van der Waals surface area contributed by atoms with Gasteiger partial charge in [0.2, 0.25) is 5.91 Å². The minimum absolute atomic E-state index is 0.0392. The minimum Gasteiger partial charge on any atom is -0.756 e. The van der Waals surface area contributed by atoms with Gasteiger partial charge in [-0.05, 0) is 96.0 Å². The van der Waals surface area contributed by atoms with Crippen molar-refractivity contribution in [1.29, 1.82) is 0 Å². The van der Waals surface area contributed by atoms with Crippen LogP contribution < -0.4 is 10.2 Å². The predicted octanol–water partition coefficient (Wildman–Crippen LogP) is 20.1. The van der Waals surface area contributed by atoms with Crippen molar-refractivity contribution in [3.8, 4) is 0 Å². The lowest BCUT2D eigenvalue weighted by Crippen LogP contribution is -2.47. The van der Waals surface area contributed by atoms with Crippen LogP contribution in [-0.4, -0.2) is 69.4 Å². The topological polar surface area (TPSA) is 114 Å². The van der Waals surface area contributed by atoms with E-state index in [1.807, 2.05) is 45.4 Å². The van der Waals surface area contributed by atoms with Gasteiger partial charge in [0.1, 0.15) is 19.3 Å². The molecule has 0 saturated carbocycles. The number of allylic oxidation sites excluding steroid dienone is 15. The summed E-state index contributed by atoms with van der Waals surface area (Å²) in [7, 11) is 1.13. The molecular formula is C70H125N2O7P. The summed E-state index contributed by atoms with van der Waals surface area (Å²) in [6.45, 7) is 6.68. The van der Waals surface area contributed by atoms with E-state index < -0.39 is 26.6 Å². The highest BCUT2D eigenvalue weighted by Gasteiger charge is 2.27. The molecule has 1 N–H and O–H groups in total. The number of carbonyl (C=O) groups is 2. The second kappa shape index (κ2) is 59.1. The molecule has 0 radical (unpaired) electrons. The number of amides is 1. The number of ether oxygens (including phenoxy) is 1. The Hall–Kier alpha value is -3.07. The van der Waals surface area contributed by atoms with Crippen LogP contribution in [0.5, 0.6) is 0 Å². The lowest BCUT2D eigenvalue weighted by Gasteiger charge is -2.30. The van der Waals surface area contributed by atoms with E-state index >= 15 is 0 Å². The van der Waals surface area contributed by atoms with Crippen LogP contribution >= 0.6 is 7.82 Å². The van der Waals surface area contributed by atoms with Crippen molar-refractivity contribution in [2.45, 2.75) is 296 Å². The molecule has 0 fully saturated rings. The third kappa shape index (κ3) is 59.5. The molecule has 3 unspecified atom stereocenters. The highest BCUT2D eigenvalue weighted by atomic mass is 31.2. The van der Waals surface area contributed by atoms with Crippen molar-refractivity contribution in [1.82, 2.24) is 5.32 Å². The summed E-state index contributed by atoms with van der Waals surface area (Å²) in [5, 5.41) is 2.98. The van der Waals surface area contributed by atoms with Gasteiger partial charge in [0.15, 0.2) is 0 Å². The van der Waals surface area contributed by atoms with Gasteiger partial charge in [0, 0.05) is 12.8 Å². The number of phosphoric ester groups is 1. The number of quaternary nitrogens is 1. The van der Waals surface area contributed by atoms with Crippen molar-refractivity contribution in [2.24, 2.45) is 0 Å². The smallest absolute Gasteiger partial charge is 0.306 e. The molecule has 0 rings (SSSR count). The molecule has 10 heteroatoms. The summed E-state index contributed by atoms with van der Waals surface area (Å²) >= 11 is 0. The Balaban J connectivity index is 5.25. The standard InChI is InChI=1S/C70H125N2O7P/c1-7-10-13-16-19-22-25-28-30-32-34-35-36-37-39-41-43-45-48-51-54-57-60-63-70(74)79-68(61-58-55-52-49-46-27-24-21-18-15-12-9-3)67(66-78-80(75,76)77-65-64-72(4,5)6)71-69(73)62-59-56-53-50-47-44-42-40-38-33-31-29-26-23-20-17-14-11-8-2/h11,14,20,23,28-31,38,40,44,47,53,56,58,61,67-68H,7-10,12-13,15-19,21-22,24-27,32-37,39,41-43,45-46,48-52,54-55,57,59-60,62-66H2,1-6H3,(H-,71,73,75,76)/b14-11-,23-20-,30-28+,31-29-,40-38-,47-44-,56-53-,61-58+. The summed E-state index contributed by atoms with van der Waals surface area (Å²) < 4.78 is 30.3. The molecule has 0 heterocycles. The number of nitrogens with one attached hydrogen (secondary N) is 1. The van der Waals surface area contributed by atoms with Crippen LogP contribution in [0, 0.1) is 0 Å². The molecule has 0 aromatic carbocycles. The van der Waals surface area contributed by atoms with Gasteiger partial charge >= 0.3 is 5.97 Å². The van der Waals surface area contributed by atoms with E-state index in [0.717, 1.165) is 77.0 Å². The maximum absolute atomic E-state index is 13.5. The fourth-order valence-electron chi connectivity index (χ4n) is 9.19. The summed E-state index contributed by atoms with van der Waals surface area (Å²) in [6.07, 6.45) is 79.8. The molecular weight excluding hydrogens is 1010 g/mol.